The van der Waals surface area contributed by atoms with Gasteiger partial charge in [-0.15, -0.1) is 0 Å². The van der Waals surface area contributed by atoms with Gasteiger partial charge in [0.05, 0.1) is 16.3 Å². The molecule has 0 spiro atoms. The number of likely N-dealkylation sites (N-methyl/N-ethyl adjacent to an activating group) is 1. The van der Waals surface area contributed by atoms with Crippen LogP contribution in [0.15, 0.2) is 48.5 Å². The van der Waals surface area contributed by atoms with Gasteiger partial charge in [0.25, 0.3) is 0 Å². The molecule has 0 bridgehead atoms. The van der Waals surface area contributed by atoms with Crippen molar-refractivity contribution in [2.75, 3.05) is 25.6 Å². The maximum absolute atomic E-state index is 12.7. The second kappa shape index (κ2) is 10.5. The topological polar surface area (TPSA) is 66.5 Å². The Labute approximate surface area is 180 Å². The Morgan fingerprint density at radius 2 is 1.82 bits per heavy atom. The quantitative estimate of drug-likeness (QED) is 0.574. The zero-order chi connectivity index (χ0) is 20.7. The summed E-state index contributed by atoms with van der Waals surface area (Å²) in [6.45, 7) is 0.422. The first-order valence-electron chi connectivity index (χ1n) is 8.47. The smallest absolute Gasteiger partial charge is 0.243 e. The van der Waals surface area contributed by atoms with Crippen LogP contribution < -0.4 is 5.32 Å². The van der Waals surface area contributed by atoms with Gasteiger partial charge in [-0.25, -0.2) is 8.42 Å². The van der Waals surface area contributed by atoms with E-state index in [-0.39, 0.29) is 5.91 Å². The number of carbonyl (C=O) groups is 1. The summed E-state index contributed by atoms with van der Waals surface area (Å²) in [5.41, 5.74) is 1.67. The standard InChI is InChI=1S/C19H22Cl2N2O3S2/c1-23(28(2,25)26)18(15-6-4-3-5-7-15)19(24)22-10-11-27-13-14-8-9-16(20)17(21)12-14/h3-9,12,18H,10-11,13H2,1-2H3,(H,22,24). The van der Waals surface area contributed by atoms with Gasteiger partial charge in [-0.2, -0.15) is 16.1 Å². The van der Waals surface area contributed by atoms with Crippen LogP contribution in [0.5, 0.6) is 0 Å². The molecule has 1 atom stereocenters. The summed E-state index contributed by atoms with van der Waals surface area (Å²) in [7, 11) is -2.12. The molecule has 2 aromatic carbocycles. The van der Waals surface area contributed by atoms with Crippen molar-refractivity contribution in [1.82, 2.24) is 9.62 Å². The molecule has 2 aromatic rings. The number of halogens is 2. The fourth-order valence-electron chi connectivity index (χ4n) is 2.52. The lowest BCUT2D eigenvalue weighted by atomic mass is 10.1. The summed E-state index contributed by atoms with van der Waals surface area (Å²) < 4.78 is 25.0. The third-order valence-corrected chi connectivity index (χ3v) is 7.08. The van der Waals surface area contributed by atoms with Crippen molar-refractivity contribution in [1.29, 1.82) is 0 Å². The summed E-state index contributed by atoms with van der Waals surface area (Å²) >= 11 is 13.5. The second-order valence-corrected chi connectivity index (χ2v) is 10.1. The minimum absolute atomic E-state index is 0.353. The molecule has 0 saturated heterocycles. The van der Waals surface area contributed by atoms with Gasteiger partial charge in [0.1, 0.15) is 6.04 Å². The first-order valence-corrected chi connectivity index (χ1v) is 12.2. The Morgan fingerprint density at radius 1 is 1.14 bits per heavy atom. The Hall–Kier alpha value is -1.25. The Bertz CT molecular complexity index is 909. The van der Waals surface area contributed by atoms with E-state index in [0.29, 0.717) is 27.9 Å². The molecular formula is C19H22Cl2N2O3S2. The van der Waals surface area contributed by atoms with E-state index >= 15 is 0 Å². The molecule has 0 aliphatic carbocycles. The number of benzene rings is 2. The number of amides is 1. The van der Waals surface area contributed by atoms with Crippen molar-refractivity contribution in [3.63, 3.8) is 0 Å². The molecule has 5 nitrogen and oxygen atoms in total. The normalized spacial score (nSPS) is 12.8. The molecule has 0 fully saturated rings. The first kappa shape index (κ1) is 23.0. The van der Waals surface area contributed by atoms with Crippen molar-refractivity contribution in [2.24, 2.45) is 0 Å². The van der Waals surface area contributed by atoms with Crippen LogP contribution in [0.25, 0.3) is 0 Å². The highest BCUT2D eigenvalue weighted by molar-refractivity contribution is 7.98. The van der Waals surface area contributed by atoms with E-state index in [1.165, 1.54) is 7.05 Å². The molecule has 0 aliphatic rings. The molecule has 152 valence electrons. The van der Waals surface area contributed by atoms with Gasteiger partial charge in [-0.1, -0.05) is 59.6 Å². The van der Waals surface area contributed by atoms with Gasteiger partial charge < -0.3 is 5.32 Å². The predicted molar refractivity (Wildman–Crippen MR) is 117 cm³/mol. The number of nitrogens with one attached hydrogen (secondary N) is 1. The van der Waals surface area contributed by atoms with Gasteiger partial charge in [0.15, 0.2) is 0 Å². The zero-order valence-corrected chi connectivity index (χ0v) is 18.7. The van der Waals surface area contributed by atoms with Gasteiger partial charge in [0.2, 0.25) is 15.9 Å². The average Bonchev–Trinajstić information content (AvgIpc) is 2.64. The van der Waals surface area contributed by atoms with Gasteiger partial charge in [0, 0.05) is 25.1 Å². The van der Waals surface area contributed by atoms with Crippen LogP contribution in [0.4, 0.5) is 0 Å². The molecular weight excluding hydrogens is 439 g/mol. The number of hydrogen-bond donors (Lipinski definition) is 1. The number of thioether (sulfide) groups is 1. The fourth-order valence-corrected chi connectivity index (χ4v) is 4.24. The fraction of sp³-hybridized carbons (Fsp3) is 0.316. The predicted octanol–water partition coefficient (Wildman–Crippen LogP) is 3.98. The molecule has 0 saturated carbocycles. The van der Waals surface area contributed by atoms with E-state index in [4.69, 9.17) is 23.2 Å². The van der Waals surface area contributed by atoms with E-state index in [2.05, 4.69) is 5.32 Å². The van der Waals surface area contributed by atoms with Crippen molar-refractivity contribution in [3.8, 4) is 0 Å². The van der Waals surface area contributed by atoms with E-state index in [9.17, 15) is 13.2 Å². The number of hydrogen-bond acceptors (Lipinski definition) is 4. The van der Waals surface area contributed by atoms with Crippen molar-refractivity contribution < 1.29 is 13.2 Å². The van der Waals surface area contributed by atoms with E-state index in [0.717, 1.165) is 21.9 Å². The highest BCUT2D eigenvalue weighted by atomic mass is 35.5. The second-order valence-electron chi connectivity index (χ2n) is 6.18. The number of nitrogens with zero attached hydrogens (tertiary/aromatic N) is 1. The minimum atomic E-state index is -3.53. The number of rotatable bonds is 9. The molecule has 1 amide bonds. The largest absolute Gasteiger partial charge is 0.354 e. The lowest BCUT2D eigenvalue weighted by Crippen LogP contribution is -2.41. The van der Waals surface area contributed by atoms with E-state index in [1.807, 2.05) is 18.2 Å². The Morgan fingerprint density at radius 3 is 2.43 bits per heavy atom. The van der Waals surface area contributed by atoms with Crippen molar-refractivity contribution in [3.05, 3.63) is 69.7 Å². The molecule has 1 N–H and O–H groups in total. The monoisotopic (exact) mass is 460 g/mol. The first-order chi connectivity index (χ1) is 13.2. The maximum Gasteiger partial charge on any atom is 0.243 e. The average molecular weight is 461 g/mol. The highest BCUT2D eigenvalue weighted by Crippen LogP contribution is 2.25. The number of carbonyl (C=O) groups excluding carboxylic acids is 1. The summed E-state index contributed by atoms with van der Waals surface area (Å²) in [5, 5.41) is 3.86. The number of sulfonamides is 1. The lowest BCUT2D eigenvalue weighted by Gasteiger charge is -2.25. The molecule has 28 heavy (non-hydrogen) atoms. The Balaban J connectivity index is 1.92. The molecule has 1 unspecified atom stereocenters. The van der Waals surface area contributed by atoms with E-state index < -0.39 is 16.1 Å². The summed E-state index contributed by atoms with van der Waals surface area (Å²) in [5.74, 6) is 1.06. The van der Waals surface area contributed by atoms with Crippen molar-refractivity contribution in [2.45, 2.75) is 11.8 Å². The van der Waals surface area contributed by atoms with Gasteiger partial charge in [-0.05, 0) is 23.3 Å². The molecule has 0 aliphatic heterocycles. The SMILES string of the molecule is CN(C(C(=O)NCCSCc1ccc(Cl)c(Cl)c1)c1ccccc1)S(C)(=O)=O. The van der Waals surface area contributed by atoms with Gasteiger partial charge >= 0.3 is 0 Å². The van der Waals surface area contributed by atoms with E-state index in [1.54, 1.807) is 42.1 Å². The molecule has 9 heteroatoms. The molecule has 0 radical (unpaired) electrons. The zero-order valence-electron chi connectivity index (χ0n) is 15.6. The van der Waals surface area contributed by atoms with Crippen LogP contribution in [-0.4, -0.2) is 44.2 Å². The van der Waals surface area contributed by atoms with Crippen LogP contribution in [0, 0.1) is 0 Å². The molecule has 2 rings (SSSR count). The van der Waals surface area contributed by atoms with Crippen LogP contribution in [0.3, 0.4) is 0 Å². The summed E-state index contributed by atoms with van der Waals surface area (Å²) in [4.78, 5) is 12.7. The minimum Gasteiger partial charge on any atom is -0.354 e. The van der Waals surface area contributed by atoms with Crippen molar-refractivity contribution >= 4 is 50.9 Å². The summed E-state index contributed by atoms with van der Waals surface area (Å²) in [6, 6.07) is 13.4. The lowest BCUT2D eigenvalue weighted by molar-refractivity contribution is -0.124. The van der Waals surface area contributed by atoms with Gasteiger partial charge in [-0.3, -0.25) is 4.79 Å². The maximum atomic E-state index is 12.7. The van der Waals surface area contributed by atoms with Crippen LogP contribution in [0.1, 0.15) is 17.2 Å². The van der Waals surface area contributed by atoms with Crippen LogP contribution in [0.2, 0.25) is 10.0 Å². The van der Waals surface area contributed by atoms with Crippen LogP contribution >= 0.6 is 35.0 Å². The summed E-state index contributed by atoms with van der Waals surface area (Å²) in [6.07, 6.45) is 1.09. The third-order valence-electron chi connectivity index (χ3n) is 4.05. The highest BCUT2D eigenvalue weighted by Gasteiger charge is 2.30. The third kappa shape index (κ3) is 6.67. The molecule has 0 heterocycles. The Kier molecular flexibility index (Phi) is 8.64. The van der Waals surface area contributed by atoms with Crippen LogP contribution in [-0.2, 0) is 20.6 Å². The molecule has 0 aromatic heterocycles.